The molecule has 0 saturated carbocycles. The number of benzene rings is 1. The summed E-state index contributed by atoms with van der Waals surface area (Å²) in [5, 5.41) is 14.1. The summed E-state index contributed by atoms with van der Waals surface area (Å²) in [6, 6.07) is 4.61. The quantitative estimate of drug-likeness (QED) is 0.590. The molecule has 31 heavy (non-hydrogen) atoms. The van der Waals surface area contributed by atoms with Gasteiger partial charge in [0.1, 0.15) is 23.5 Å². The molecule has 2 aliphatic heterocycles. The maximum absolute atomic E-state index is 13.4. The number of thioether (sulfide) groups is 1. The molecule has 2 aliphatic rings. The monoisotopic (exact) mass is 447 g/mol. The van der Waals surface area contributed by atoms with Crippen LogP contribution in [-0.2, 0) is 14.4 Å². The SMILES string of the molecule is CC[C@@H](C)[C@H](NC(=O)[C@H]1N2C(=O)c3ccccc3[C@@H]2SC1(C)C)C(=O)N[C@@H](C)C(=O)O. The number of aliphatic carboxylic acids is 1. The molecular weight excluding hydrogens is 418 g/mol. The molecule has 0 aliphatic carbocycles. The van der Waals surface area contributed by atoms with Crippen LogP contribution < -0.4 is 10.6 Å². The number of nitrogens with one attached hydrogen (secondary N) is 2. The van der Waals surface area contributed by atoms with Crippen molar-refractivity contribution in [2.24, 2.45) is 5.92 Å². The summed E-state index contributed by atoms with van der Waals surface area (Å²) >= 11 is 1.55. The van der Waals surface area contributed by atoms with Gasteiger partial charge in [0, 0.05) is 10.3 Å². The van der Waals surface area contributed by atoms with Crippen LogP contribution >= 0.6 is 11.8 Å². The number of hydrogen-bond acceptors (Lipinski definition) is 5. The Morgan fingerprint density at radius 1 is 1.19 bits per heavy atom. The third kappa shape index (κ3) is 4.15. The highest BCUT2D eigenvalue weighted by Crippen LogP contribution is 2.56. The van der Waals surface area contributed by atoms with Crippen molar-refractivity contribution in [3.05, 3.63) is 35.4 Å². The van der Waals surface area contributed by atoms with Crippen LogP contribution in [0.4, 0.5) is 0 Å². The first-order valence-electron chi connectivity index (χ1n) is 10.4. The molecular formula is C22H29N3O5S. The average molecular weight is 448 g/mol. The Bertz CT molecular complexity index is 918. The van der Waals surface area contributed by atoms with Crippen LogP contribution in [0, 0.1) is 5.92 Å². The molecule has 3 rings (SSSR count). The van der Waals surface area contributed by atoms with Gasteiger partial charge in [0.15, 0.2) is 0 Å². The summed E-state index contributed by atoms with van der Waals surface area (Å²) in [7, 11) is 0. The first-order chi connectivity index (χ1) is 14.5. The van der Waals surface area contributed by atoms with Crippen molar-refractivity contribution in [1.29, 1.82) is 0 Å². The number of hydrogen-bond donors (Lipinski definition) is 3. The number of rotatable bonds is 7. The lowest BCUT2D eigenvalue weighted by molar-refractivity contribution is -0.142. The first-order valence-corrected chi connectivity index (χ1v) is 11.3. The van der Waals surface area contributed by atoms with Crippen molar-refractivity contribution in [2.45, 2.75) is 69.3 Å². The van der Waals surface area contributed by atoms with Crippen molar-refractivity contribution in [3.8, 4) is 0 Å². The minimum absolute atomic E-state index is 0.192. The number of amides is 3. The highest BCUT2D eigenvalue weighted by Gasteiger charge is 2.57. The standard InChI is InChI=1S/C22H29N3O5S/c1-6-11(2)15(17(26)23-12(3)21(29)30)24-18(27)16-22(4,5)31-20-14-10-8-7-9-13(14)19(28)25(16)20/h7-12,15-16,20H,6H2,1-5H3,(H,23,26)(H,24,27)(H,29,30)/t11-,12+,15+,16-,20+/m1/s1. The van der Waals surface area contributed by atoms with E-state index in [-0.39, 0.29) is 17.2 Å². The van der Waals surface area contributed by atoms with E-state index >= 15 is 0 Å². The maximum Gasteiger partial charge on any atom is 0.325 e. The van der Waals surface area contributed by atoms with Gasteiger partial charge in [0.2, 0.25) is 11.8 Å². The second-order valence-electron chi connectivity index (χ2n) is 8.72. The minimum atomic E-state index is -1.15. The van der Waals surface area contributed by atoms with Gasteiger partial charge >= 0.3 is 5.97 Å². The van der Waals surface area contributed by atoms with E-state index in [1.54, 1.807) is 28.8 Å². The van der Waals surface area contributed by atoms with E-state index < -0.39 is 40.7 Å². The molecule has 3 amide bonds. The van der Waals surface area contributed by atoms with Crippen LogP contribution in [0.25, 0.3) is 0 Å². The fourth-order valence-electron chi connectivity index (χ4n) is 4.10. The van der Waals surface area contributed by atoms with Gasteiger partial charge in [-0.15, -0.1) is 11.8 Å². The zero-order valence-corrected chi connectivity index (χ0v) is 19.2. The summed E-state index contributed by atoms with van der Waals surface area (Å²) < 4.78 is -0.567. The Hall–Kier alpha value is -2.55. The van der Waals surface area contributed by atoms with E-state index in [4.69, 9.17) is 5.11 Å². The molecule has 2 heterocycles. The van der Waals surface area contributed by atoms with E-state index in [1.807, 2.05) is 39.8 Å². The topological polar surface area (TPSA) is 116 Å². The van der Waals surface area contributed by atoms with Gasteiger partial charge in [-0.1, -0.05) is 38.5 Å². The normalized spacial score (nSPS) is 24.0. The van der Waals surface area contributed by atoms with Crippen molar-refractivity contribution in [1.82, 2.24) is 15.5 Å². The van der Waals surface area contributed by atoms with Gasteiger partial charge in [0.25, 0.3) is 5.91 Å². The van der Waals surface area contributed by atoms with Crippen LogP contribution in [-0.4, -0.2) is 56.6 Å². The van der Waals surface area contributed by atoms with Crippen LogP contribution in [0.5, 0.6) is 0 Å². The molecule has 0 unspecified atom stereocenters. The second kappa shape index (κ2) is 8.53. The lowest BCUT2D eigenvalue weighted by Crippen LogP contribution is -2.59. The third-order valence-corrected chi connectivity index (χ3v) is 7.60. The Kier molecular flexibility index (Phi) is 6.36. The maximum atomic E-state index is 13.4. The van der Waals surface area contributed by atoms with E-state index in [0.29, 0.717) is 12.0 Å². The lowest BCUT2D eigenvalue weighted by Gasteiger charge is -2.32. The first kappa shape index (κ1) is 23.1. The molecule has 1 fully saturated rings. The average Bonchev–Trinajstić information content (AvgIpc) is 3.14. The molecule has 3 N–H and O–H groups in total. The molecule has 0 spiro atoms. The number of fused-ring (bicyclic) bond motifs is 3. The van der Waals surface area contributed by atoms with Crippen molar-refractivity contribution >= 4 is 35.5 Å². The molecule has 0 bridgehead atoms. The molecule has 0 aromatic heterocycles. The predicted molar refractivity (Wildman–Crippen MR) is 117 cm³/mol. The van der Waals surface area contributed by atoms with E-state index in [9.17, 15) is 19.2 Å². The van der Waals surface area contributed by atoms with Gasteiger partial charge < -0.3 is 20.6 Å². The third-order valence-electron chi connectivity index (χ3n) is 6.07. The molecule has 8 nitrogen and oxygen atoms in total. The summed E-state index contributed by atoms with van der Waals surface area (Å²) in [5.74, 6) is -2.52. The summed E-state index contributed by atoms with van der Waals surface area (Å²) in [4.78, 5) is 52.0. The summed E-state index contributed by atoms with van der Waals surface area (Å²) in [6.45, 7) is 8.92. The van der Waals surface area contributed by atoms with E-state index in [0.717, 1.165) is 5.56 Å². The van der Waals surface area contributed by atoms with Gasteiger partial charge in [0.05, 0.1) is 0 Å². The Morgan fingerprint density at radius 2 is 1.84 bits per heavy atom. The molecule has 5 atom stereocenters. The molecule has 1 aromatic carbocycles. The summed E-state index contributed by atoms with van der Waals surface area (Å²) in [5.41, 5.74) is 1.49. The van der Waals surface area contributed by atoms with Crippen molar-refractivity contribution in [2.75, 3.05) is 0 Å². The van der Waals surface area contributed by atoms with E-state index in [1.165, 1.54) is 6.92 Å². The highest BCUT2D eigenvalue weighted by molar-refractivity contribution is 8.01. The lowest BCUT2D eigenvalue weighted by atomic mass is 9.95. The summed E-state index contributed by atoms with van der Waals surface area (Å²) in [6.07, 6.45) is 0.610. The fourth-order valence-corrected chi connectivity index (χ4v) is 5.69. The Morgan fingerprint density at radius 3 is 2.45 bits per heavy atom. The van der Waals surface area contributed by atoms with Crippen LogP contribution in [0.15, 0.2) is 24.3 Å². The Labute approximate surface area is 186 Å². The smallest absolute Gasteiger partial charge is 0.325 e. The van der Waals surface area contributed by atoms with Crippen LogP contribution in [0.1, 0.15) is 62.3 Å². The number of nitrogens with zero attached hydrogens (tertiary/aromatic N) is 1. The number of carboxylic acid groups (broad SMARTS) is 1. The zero-order valence-electron chi connectivity index (χ0n) is 18.3. The van der Waals surface area contributed by atoms with E-state index in [2.05, 4.69) is 10.6 Å². The molecule has 1 aromatic rings. The minimum Gasteiger partial charge on any atom is -0.480 e. The molecule has 9 heteroatoms. The van der Waals surface area contributed by atoms with Gasteiger partial charge in [-0.2, -0.15) is 0 Å². The molecule has 0 radical (unpaired) electrons. The van der Waals surface area contributed by atoms with Crippen LogP contribution in [0.2, 0.25) is 0 Å². The van der Waals surface area contributed by atoms with Gasteiger partial charge in [-0.25, -0.2) is 0 Å². The van der Waals surface area contributed by atoms with Gasteiger partial charge in [-0.3, -0.25) is 19.2 Å². The van der Waals surface area contributed by atoms with Gasteiger partial charge in [-0.05, 0) is 38.3 Å². The predicted octanol–water partition coefficient (Wildman–Crippen LogP) is 2.16. The number of carboxylic acids is 1. The number of carbonyl (C=O) groups is 4. The van der Waals surface area contributed by atoms with Crippen molar-refractivity contribution in [3.63, 3.8) is 0 Å². The molecule has 1 saturated heterocycles. The Balaban J connectivity index is 1.85. The number of carbonyl (C=O) groups excluding carboxylic acids is 3. The zero-order chi connectivity index (χ0) is 23.1. The molecule has 168 valence electrons. The largest absolute Gasteiger partial charge is 0.480 e. The van der Waals surface area contributed by atoms with Crippen molar-refractivity contribution < 1.29 is 24.3 Å². The fraction of sp³-hybridized carbons (Fsp3) is 0.545. The highest BCUT2D eigenvalue weighted by atomic mass is 32.2. The second-order valence-corrected chi connectivity index (χ2v) is 10.5. The van der Waals surface area contributed by atoms with Crippen LogP contribution in [0.3, 0.4) is 0 Å².